The van der Waals surface area contributed by atoms with E-state index in [1.54, 1.807) is 24.3 Å². The van der Waals surface area contributed by atoms with Gasteiger partial charge in [0.25, 0.3) is 0 Å². The minimum absolute atomic E-state index is 0.397. The zero-order valence-electron chi connectivity index (χ0n) is 8.48. The summed E-state index contributed by atoms with van der Waals surface area (Å²) in [6.07, 6.45) is 0. The third-order valence-corrected chi connectivity index (χ3v) is 3.53. The van der Waals surface area contributed by atoms with Crippen molar-refractivity contribution in [1.29, 1.82) is 0 Å². The Balaban J connectivity index is 2.36. The summed E-state index contributed by atoms with van der Waals surface area (Å²) >= 11 is 23.9. The fourth-order valence-corrected chi connectivity index (χ4v) is 2.07. The van der Waals surface area contributed by atoms with Crippen molar-refractivity contribution in [3.63, 3.8) is 0 Å². The molecule has 1 nitrogen and oxygen atoms in total. The summed E-state index contributed by atoms with van der Waals surface area (Å²) < 4.78 is 0. The van der Waals surface area contributed by atoms with Crippen LogP contribution < -0.4 is 5.32 Å². The Morgan fingerprint density at radius 1 is 0.706 bits per heavy atom. The quantitative estimate of drug-likeness (QED) is 0.666. The van der Waals surface area contributed by atoms with Crippen molar-refractivity contribution in [2.45, 2.75) is 0 Å². The molecule has 0 spiro atoms. The first-order valence-electron chi connectivity index (χ1n) is 4.74. The number of hydrogen-bond donors (Lipinski definition) is 1. The molecule has 1 N–H and O–H groups in total. The van der Waals surface area contributed by atoms with E-state index < -0.39 is 0 Å². The molecule has 5 heteroatoms. The summed E-state index contributed by atoms with van der Waals surface area (Å²) in [5.74, 6) is 0. The topological polar surface area (TPSA) is 12.0 Å². The van der Waals surface area contributed by atoms with E-state index in [2.05, 4.69) is 5.32 Å². The lowest BCUT2D eigenvalue weighted by Crippen LogP contribution is -1.92. The van der Waals surface area contributed by atoms with Crippen LogP contribution in [0.5, 0.6) is 0 Å². The van der Waals surface area contributed by atoms with Crippen LogP contribution in [-0.4, -0.2) is 0 Å². The predicted molar refractivity (Wildman–Crippen MR) is 76.2 cm³/mol. The molecule has 0 aliphatic heterocycles. The Bertz CT molecular complexity index is 537. The number of benzene rings is 2. The molecule has 0 saturated carbocycles. The van der Waals surface area contributed by atoms with E-state index in [1.165, 1.54) is 0 Å². The molecule has 2 aromatic rings. The van der Waals surface area contributed by atoms with Gasteiger partial charge in [-0.25, -0.2) is 0 Å². The van der Waals surface area contributed by atoms with Gasteiger partial charge in [0.05, 0.1) is 20.8 Å². The van der Waals surface area contributed by atoms with Gasteiger partial charge in [-0.05, 0) is 36.4 Å². The lowest BCUT2D eigenvalue weighted by atomic mass is 10.2. The Morgan fingerprint density at radius 3 is 1.94 bits per heavy atom. The molecule has 0 aromatic heterocycles. The first-order chi connectivity index (χ1) is 8.08. The van der Waals surface area contributed by atoms with Crippen LogP contribution in [0.15, 0.2) is 36.4 Å². The minimum Gasteiger partial charge on any atom is -0.353 e. The molecule has 0 atom stereocenters. The molecule has 0 aliphatic carbocycles. The maximum Gasteiger partial charge on any atom is 0.0842 e. The van der Waals surface area contributed by atoms with Crippen molar-refractivity contribution in [2.75, 3.05) is 5.32 Å². The third-order valence-electron chi connectivity index (χ3n) is 2.16. The highest BCUT2D eigenvalue weighted by atomic mass is 35.5. The van der Waals surface area contributed by atoms with E-state index in [-0.39, 0.29) is 0 Å². The average Bonchev–Trinajstić information content (AvgIpc) is 2.32. The fourth-order valence-electron chi connectivity index (χ4n) is 1.32. The highest BCUT2D eigenvalue weighted by Crippen LogP contribution is 2.37. The number of anilines is 2. The SMILES string of the molecule is Clc1ccc(Nc2c(Cl)ccc(Cl)c2Cl)cc1. The predicted octanol–water partition coefficient (Wildman–Crippen LogP) is 6.04. The van der Waals surface area contributed by atoms with Crippen molar-refractivity contribution in [1.82, 2.24) is 0 Å². The van der Waals surface area contributed by atoms with E-state index in [0.717, 1.165) is 5.69 Å². The molecule has 0 bridgehead atoms. The Kier molecular flexibility index (Phi) is 4.05. The zero-order chi connectivity index (χ0) is 12.4. The largest absolute Gasteiger partial charge is 0.353 e. The molecular weight excluding hydrogens is 300 g/mol. The van der Waals surface area contributed by atoms with Crippen LogP contribution in [-0.2, 0) is 0 Å². The van der Waals surface area contributed by atoms with E-state index in [9.17, 15) is 0 Å². The number of rotatable bonds is 2. The average molecular weight is 307 g/mol. The summed E-state index contributed by atoms with van der Waals surface area (Å²) in [7, 11) is 0. The van der Waals surface area contributed by atoms with Gasteiger partial charge >= 0.3 is 0 Å². The molecule has 0 unspecified atom stereocenters. The van der Waals surface area contributed by atoms with E-state index in [4.69, 9.17) is 46.4 Å². The van der Waals surface area contributed by atoms with Gasteiger partial charge < -0.3 is 5.32 Å². The van der Waals surface area contributed by atoms with Gasteiger partial charge in [0.15, 0.2) is 0 Å². The van der Waals surface area contributed by atoms with Gasteiger partial charge in [0.1, 0.15) is 0 Å². The molecule has 2 rings (SSSR count). The second kappa shape index (κ2) is 5.36. The summed E-state index contributed by atoms with van der Waals surface area (Å²) in [6, 6.07) is 10.5. The minimum atomic E-state index is 0.397. The molecule has 17 heavy (non-hydrogen) atoms. The first kappa shape index (κ1) is 12.8. The number of hydrogen-bond acceptors (Lipinski definition) is 1. The zero-order valence-corrected chi connectivity index (χ0v) is 11.5. The Hall–Kier alpha value is -0.600. The molecule has 0 fully saturated rings. The lowest BCUT2D eigenvalue weighted by Gasteiger charge is -2.11. The van der Waals surface area contributed by atoms with Crippen LogP contribution in [0.2, 0.25) is 20.1 Å². The van der Waals surface area contributed by atoms with Crippen molar-refractivity contribution in [3.8, 4) is 0 Å². The van der Waals surface area contributed by atoms with Gasteiger partial charge in [-0.3, -0.25) is 0 Å². The van der Waals surface area contributed by atoms with Crippen LogP contribution in [0.1, 0.15) is 0 Å². The van der Waals surface area contributed by atoms with Gasteiger partial charge in [-0.15, -0.1) is 0 Å². The number of nitrogens with one attached hydrogen (secondary N) is 1. The van der Waals surface area contributed by atoms with Crippen LogP contribution >= 0.6 is 46.4 Å². The van der Waals surface area contributed by atoms with Crippen molar-refractivity contribution < 1.29 is 0 Å². The first-order valence-corrected chi connectivity index (χ1v) is 6.25. The third kappa shape index (κ3) is 2.99. The summed E-state index contributed by atoms with van der Waals surface area (Å²) in [6.45, 7) is 0. The van der Waals surface area contributed by atoms with E-state index in [1.807, 2.05) is 12.1 Å². The normalized spacial score (nSPS) is 10.4. The maximum absolute atomic E-state index is 6.07. The second-order valence-corrected chi connectivity index (χ2v) is 4.98. The molecule has 0 heterocycles. The fraction of sp³-hybridized carbons (Fsp3) is 0. The van der Waals surface area contributed by atoms with Crippen LogP contribution in [0.4, 0.5) is 11.4 Å². The number of halogens is 4. The molecule has 2 aromatic carbocycles. The smallest absolute Gasteiger partial charge is 0.0842 e. The van der Waals surface area contributed by atoms with Gasteiger partial charge in [0, 0.05) is 10.7 Å². The Morgan fingerprint density at radius 2 is 1.29 bits per heavy atom. The van der Waals surface area contributed by atoms with E-state index in [0.29, 0.717) is 25.8 Å². The molecular formula is C12H7Cl4N. The van der Waals surface area contributed by atoms with Crippen molar-refractivity contribution in [2.24, 2.45) is 0 Å². The summed E-state index contributed by atoms with van der Waals surface area (Å²) in [4.78, 5) is 0. The monoisotopic (exact) mass is 305 g/mol. The van der Waals surface area contributed by atoms with Gasteiger partial charge in [-0.1, -0.05) is 46.4 Å². The molecule has 0 amide bonds. The van der Waals surface area contributed by atoms with Crippen molar-refractivity contribution >= 4 is 57.8 Å². The summed E-state index contributed by atoms with van der Waals surface area (Å²) in [5.41, 5.74) is 1.42. The van der Waals surface area contributed by atoms with Gasteiger partial charge in [-0.2, -0.15) is 0 Å². The summed E-state index contributed by atoms with van der Waals surface area (Å²) in [5, 5.41) is 5.12. The van der Waals surface area contributed by atoms with Gasteiger partial charge in [0.2, 0.25) is 0 Å². The highest BCUT2D eigenvalue weighted by Gasteiger charge is 2.09. The Labute approximate surface area is 119 Å². The van der Waals surface area contributed by atoms with Crippen molar-refractivity contribution in [3.05, 3.63) is 56.5 Å². The highest BCUT2D eigenvalue weighted by molar-refractivity contribution is 6.46. The standard InChI is InChI=1S/C12H7Cl4N/c13-7-1-3-8(4-2-7)17-12-10(15)6-5-9(14)11(12)16/h1-6,17H. The second-order valence-electron chi connectivity index (χ2n) is 3.35. The van der Waals surface area contributed by atoms with Crippen LogP contribution in [0, 0.1) is 0 Å². The van der Waals surface area contributed by atoms with Crippen LogP contribution in [0.3, 0.4) is 0 Å². The molecule has 0 saturated heterocycles. The molecule has 88 valence electrons. The van der Waals surface area contributed by atoms with E-state index >= 15 is 0 Å². The van der Waals surface area contributed by atoms with Crippen LogP contribution in [0.25, 0.3) is 0 Å². The molecule has 0 aliphatic rings. The maximum atomic E-state index is 6.07. The molecule has 0 radical (unpaired) electrons. The lowest BCUT2D eigenvalue weighted by molar-refractivity contribution is 1.55.